The molecular formula is C27H29N3O2S. The lowest BCUT2D eigenvalue weighted by molar-refractivity contribution is -0.118. The number of rotatable bonds is 8. The Labute approximate surface area is 199 Å². The third-order valence-corrected chi connectivity index (χ3v) is 6.84. The van der Waals surface area contributed by atoms with Crippen molar-refractivity contribution in [3.05, 3.63) is 77.9 Å². The number of fused-ring (bicyclic) bond motifs is 1. The molecule has 3 aromatic carbocycles. The lowest BCUT2D eigenvalue weighted by Gasteiger charge is -2.22. The fourth-order valence-electron chi connectivity index (χ4n) is 3.72. The maximum absolute atomic E-state index is 13.4. The highest BCUT2D eigenvalue weighted by molar-refractivity contribution is 7.22. The molecule has 33 heavy (non-hydrogen) atoms. The Morgan fingerprint density at radius 1 is 0.939 bits per heavy atom. The number of thiazole rings is 1. The molecule has 0 N–H and O–H groups in total. The summed E-state index contributed by atoms with van der Waals surface area (Å²) in [6.45, 7) is 3.39. The van der Waals surface area contributed by atoms with E-state index in [2.05, 4.69) is 36.1 Å². The summed E-state index contributed by atoms with van der Waals surface area (Å²) in [6, 6.07) is 22.4. The van der Waals surface area contributed by atoms with E-state index in [1.54, 1.807) is 18.4 Å². The number of benzene rings is 3. The molecule has 170 valence electrons. The standard InChI is InChI=1S/C27H29N3O2S/c1-19-10-15-23(32-4)25-26(19)33-27(28-25)30(17-16-29(2)3)24(31)18-20-11-13-22(14-12-20)21-8-6-5-7-9-21/h5-15H,16-18H2,1-4H3. The molecule has 6 heteroatoms. The van der Waals surface area contributed by atoms with Crippen molar-refractivity contribution in [2.75, 3.05) is 39.2 Å². The topological polar surface area (TPSA) is 45.7 Å². The smallest absolute Gasteiger partial charge is 0.233 e. The zero-order chi connectivity index (χ0) is 23.4. The number of carbonyl (C=O) groups excluding carboxylic acids is 1. The van der Waals surface area contributed by atoms with Crippen molar-refractivity contribution in [2.24, 2.45) is 0 Å². The highest BCUT2D eigenvalue weighted by Crippen LogP contribution is 2.36. The highest BCUT2D eigenvalue weighted by Gasteiger charge is 2.22. The summed E-state index contributed by atoms with van der Waals surface area (Å²) in [5, 5.41) is 0.713. The molecule has 1 heterocycles. The molecule has 0 saturated heterocycles. The lowest BCUT2D eigenvalue weighted by atomic mass is 10.0. The zero-order valence-electron chi connectivity index (χ0n) is 19.5. The molecule has 0 aliphatic carbocycles. The van der Waals surface area contributed by atoms with Crippen molar-refractivity contribution in [3.63, 3.8) is 0 Å². The molecule has 0 radical (unpaired) electrons. The number of nitrogens with zero attached hydrogens (tertiary/aromatic N) is 3. The van der Waals surface area contributed by atoms with Crippen molar-refractivity contribution in [3.8, 4) is 16.9 Å². The molecule has 0 saturated carbocycles. The minimum atomic E-state index is 0.0417. The number of carbonyl (C=O) groups is 1. The van der Waals surface area contributed by atoms with Gasteiger partial charge in [0.15, 0.2) is 5.13 Å². The lowest BCUT2D eigenvalue weighted by Crippen LogP contribution is -2.37. The van der Waals surface area contributed by atoms with Crippen LogP contribution in [-0.4, -0.2) is 50.1 Å². The number of hydrogen-bond acceptors (Lipinski definition) is 5. The number of methoxy groups -OCH3 is 1. The number of aryl methyl sites for hydroxylation is 1. The van der Waals surface area contributed by atoms with Gasteiger partial charge in [-0.1, -0.05) is 72.0 Å². The van der Waals surface area contributed by atoms with Crippen LogP contribution in [0.4, 0.5) is 5.13 Å². The van der Waals surface area contributed by atoms with Crippen molar-refractivity contribution >= 4 is 32.6 Å². The van der Waals surface area contributed by atoms with Gasteiger partial charge in [-0.2, -0.15) is 0 Å². The van der Waals surface area contributed by atoms with Crippen LogP contribution in [0.2, 0.25) is 0 Å². The van der Waals surface area contributed by atoms with E-state index in [4.69, 9.17) is 9.72 Å². The number of aromatic nitrogens is 1. The minimum absolute atomic E-state index is 0.0417. The van der Waals surface area contributed by atoms with E-state index in [9.17, 15) is 4.79 Å². The highest BCUT2D eigenvalue weighted by atomic mass is 32.1. The molecule has 5 nitrogen and oxygen atoms in total. The van der Waals surface area contributed by atoms with Crippen molar-refractivity contribution in [1.82, 2.24) is 9.88 Å². The monoisotopic (exact) mass is 459 g/mol. The number of amides is 1. The Kier molecular flexibility index (Phi) is 7.06. The molecule has 1 aromatic heterocycles. The van der Waals surface area contributed by atoms with Gasteiger partial charge in [-0.25, -0.2) is 4.98 Å². The van der Waals surface area contributed by atoms with E-state index < -0.39 is 0 Å². The first kappa shape index (κ1) is 23.0. The summed E-state index contributed by atoms with van der Waals surface area (Å²) < 4.78 is 6.56. The van der Waals surface area contributed by atoms with Gasteiger partial charge in [0.1, 0.15) is 11.3 Å². The van der Waals surface area contributed by atoms with Gasteiger partial charge in [-0.05, 0) is 49.3 Å². The van der Waals surface area contributed by atoms with Crippen LogP contribution in [0.5, 0.6) is 5.75 Å². The Morgan fingerprint density at radius 2 is 1.64 bits per heavy atom. The van der Waals surface area contributed by atoms with Gasteiger partial charge in [-0.15, -0.1) is 0 Å². The van der Waals surface area contributed by atoms with Crippen LogP contribution in [0.3, 0.4) is 0 Å². The van der Waals surface area contributed by atoms with Crippen LogP contribution in [0, 0.1) is 6.92 Å². The van der Waals surface area contributed by atoms with Gasteiger partial charge in [0.2, 0.25) is 5.91 Å². The third-order valence-electron chi connectivity index (χ3n) is 5.63. The first-order valence-corrected chi connectivity index (χ1v) is 11.8. The third kappa shape index (κ3) is 5.24. The molecule has 0 aliphatic rings. The largest absolute Gasteiger partial charge is 0.494 e. The Bertz CT molecular complexity index is 1230. The van der Waals surface area contributed by atoms with Crippen LogP contribution in [-0.2, 0) is 11.2 Å². The molecule has 0 bridgehead atoms. The van der Waals surface area contributed by atoms with E-state index in [0.29, 0.717) is 18.1 Å². The Balaban J connectivity index is 1.60. The van der Waals surface area contributed by atoms with Gasteiger partial charge < -0.3 is 9.64 Å². The molecule has 0 fully saturated rings. The number of anilines is 1. The maximum Gasteiger partial charge on any atom is 0.233 e. The average molecular weight is 460 g/mol. The molecule has 0 atom stereocenters. The SMILES string of the molecule is COc1ccc(C)c2sc(N(CCN(C)C)C(=O)Cc3ccc(-c4ccccc4)cc3)nc12. The van der Waals surface area contributed by atoms with E-state index in [1.807, 2.05) is 61.5 Å². The average Bonchev–Trinajstić information content (AvgIpc) is 3.26. The maximum atomic E-state index is 13.4. The van der Waals surface area contributed by atoms with Crippen LogP contribution in [0.25, 0.3) is 21.3 Å². The van der Waals surface area contributed by atoms with E-state index in [0.717, 1.165) is 39.2 Å². The fourth-order valence-corrected chi connectivity index (χ4v) is 4.82. The summed E-state index contributed by atoms with van der Waals surface area (Å²) in [5.74, 6) is 0.773. The minimum Gasteiger partial charge on any atom is -0.494 e. The summed E-state index contributed by atoms with van der Waals surface area (Å²) >= 11 is 1.55. The van der Waals surface area contributed by atoms with Crippen LogP contribution >= 0.6 is 11.3 Å². The van der Waals surface area contributed by atoms with Gasteiger partial charge in [0.25, 0.3) is 0 Å². The molecule has 0 aliphatic heterocycles. The Hall–Kier alpha value is -3.22. The summed E-state index contributed by atoms with van der Waals surface area (Å²) in [7, 11) is 5.67. The van der Waals surface area contributed by atoms with Gasteiger partial charge in [0.05, 0.1) is 18.2 Å². The van der Waals surface area contributed by atoms with Gasteiger partial charge in [0, 0.05) is 13.1 Å². The predicted molar refractivity (Wildman–Crippen MR) is 137 cm³/mol. The van der Waals surface area contributed by atoms with Crippen LogP contribution in [0.15, 0.2) is 66.7 Å². The van der Waals surface area contributed by atoms with Gasteiger partial charge in [-0.3, -0.25) is 9.69 Å². The summed E-state index contributed by atoms with van der Waals surface area (Å²) in [6.07, 6.45) is 0.328. The quantitative estimate of drug-likeness (QED) is 0.353. The molecule has 4 rings (SSSR count). The number of likely N-dealkylation sites (N-methyl/N-ethyl adjacent to an activating group) is 1. The van der Waals surface area contributed by atoms with E-state index in [1.165, 1.54) is 5.56 Å². The molecule has 4 aromatic rings. The van der Waals surface area contributed by atoms with E-state index >= 15 is 0 Å². The normalized spacial score (nSPS) is 11.2. The van der Waals surface area contributed by atoms with Crippen LogP contribution < -0.4 is 9.64 Å². The summed E-state index contributed by atoms with van der Waals surface area (Å²) in [4.78, 5) is 22.2. The molecule has 0 spiro atoms. The van der Waals surface area contributed by atoms with Crippen molar-refractivity contribution in [1.29, 1.82) is 0 Å². The zero-order valence-corrected chi connectivity index (χ0v) is 20.4. The van der Waals surface area contributed by atoms with Gasteiger partial charge >= 0.3 is 0 Å². The van der Waals surface area contributed by atoms with Crippen molar-refractivity contribution in [2.45, 2.75) is 13.3 Å². The van der Waals surface area contributed by atoms with E-state index in [-0.39, 0.29) is 5.91 Å². The number of ether oxygens (including phenoxy) is 1. The Morgan fingerprint density at radius 3 is 2.30 bits per heavy atom. The molecular weight excluding hydrogens is 430 g/mol. The molecule has 0 unspecified atom stereocenters. The first-order chi connectivity index (χ1) is 16.0. The van der Waals surface area contributed by atoms with Crippen molar-refractivity contribution < 1.29 is 9.53 Å². The molecule has 1 amide bonds. The second kappa shape index (κ2) is 10.1. The second-order valence-corrected chi connectivity index (χ2v) is 9.32. The second-order valence-electron chi connectivity index (χ2n) is 8.35. The van der Waals surface area contributed by atoms with Crippen LogP contribution in [0.1, 0.15) is 11.1 Å². The number of hydrogen-bond donors (Lipinski definition) is 0. The fraction of sp³-hybridized carbons (Fsp3) is 0.259. The summed E-state index contributed by atoms with van der Waals surface area (Å²) in [5.41, 5.74) is 5.25. The first-order valence-electron chi connectivity index (χ1n) is 11.0. The predicted octanol–water partition coefficient (Wildman–Crippen LogP) is 5.42.